The zero-order valence-electron chi connectivity index (χ0n) is 14.5. The van der Waals surface area contributed by atoms with Crippen molar-refractivity contribution in [1.82, 2.24) is 5.32 Å². The van der Waals surface area contributed by atoms with Crippen LogP contribution in [0.3, 0.4) is 0 Å². The molecule has 0 aliphatic heterocycles. The van der Waals surface area contributed by atoms with Crippen molar-refractivity contribution < 1.29 is 4.39 Å². The number of benzene rings is 2. The topological polar surface area (TPSA) is 35.8 Å². The monoisotopic (exact) mass is 332 g/mol. The first-order valence-electron chi connectivity index (χ1n) is 7.86. The summed E-state index contributed by atoms with van der Waals surface area (Å²) in [5, 5.41) is 12.2. The van der Waals surface area contributed by atoms with Crippen LogP contribution in [-0.2, 0) is 0 Å². The Balaban J connectivity index is 0.00000151. The third kappa shape index (κ3) is 5.68. The molecule has 0 heterocycles. The lowest BCUT2D eigenvalue weighted by molar-refractivity contribution is 0.628. The van der Waals surface area contributed by atoms with Crippen LogP contribution in [0.4, 0.5) is 4.39 Å². The molecule has 0 aliphatic carbocycles. The fraction of sp³-hybridized carbons (Fsp3) is 0.136. The summed E-state index contributed by atoms with van der Waals surface area (Å²) in [7, 11) is 1.76. The van der Waals surface area contributed by atoms with E-state index in [0.717, 1.165) is 28.7 Å². The number of nitrogens with zero attached hydrogens (tertiary/aromatic N) is 1. The number of hydrogen-bond donors (Lipinski definition) is 1. The SMILES string of the molecule is C#C.CC/C(=C(/C#N)NC)c1cccc(/C=C/c2ccc(F)cc2)c1. The van der Waals surface area contributed by atoms with Crippen LogP contribution in [0.15, 0.2) is 54.2 Å². The molecule has 126 valence electrons. The molecule has 0 fully saturated rings. The van der Waals surface area contributed by atoms with Gasteiger partial charge in [0.25, 0.3) is 0 Å². The summed E-state index contributed by atoms with van der Waals surface area (Å²) in [6, 6.07) is 16.6. The summed E-state index contributed by atoms with van der Waals surface area (Å²) < 4.78 is 12.9. The fourth-order valence-corrected chi connectivity index (χ4v) is 2.40. The second-order valence-corrected chi connectivity index (χ2v) is 5.08. The molecule has 0 spiro atoms. The lowest BCUT2D eigenvalue weighted by atomic mass is 9.99. The fourth-order valence-electron chi connectivity index (χ4n) is 2.40. The predicted octanol–water partition coefficient (Wildman–Crippen LogP) is 5.11. The molecule has 3 heteroatoms. The highest BCUT2D eigenvalue weighted by Gasteiger charge is 2.06. The normalized spacial score (nSPS) is 11.0. The Morgan fingerprint density at radius 1 is 1.12 bits per heavy atom. The van der Waals surface area contributed by atoms with Gasteiger partial charge in [0.1, 0.15) is 17.6 Å². The van der Waals surface area contributed by atoms with Crippen molar-refractivity contribution in [2.45, 2.75) is 13.3 Å². The summed E-state index contributed by atoms with van der Waals surface area (Å²) in [6.07, 6.45) is 12.7. The maximum atomic E-state index is 12.9. The minimum absolute atomic E-state index is 0.238. The Hall–Kier alpha value is -3.30. The van der Waals surface area contributed by atoms with Crippen molar-refractivity contribution in [1.29, 1.82) is 5.26 Å². The second kappa shape index (κ2) is 10.5. The average molecular weight is 332 g/mol. The third-order valence-electron chi connectivity index (χ3n) is 3.59. The molecular weight excluding hydrogens is 311 g/mol. The van der Waals surface area contributed by atoms with Crippen LogP contribution in [0.1, 0.15) is 30.0 Å². The Bertz CT molecular complexity index is 806. The molecule has 0 amide bonds. The number of rotatable bonds is 5. The Labute approximate surface area is 149 Å². The van der Waals surface area contributed by atoms with Gasteiger partial charge in [-0.2, -0.15) is 5.26 Å². The molecule has 0 atom stereocenters. The first-order chi connectivity index (χ1) is 12.2. The van der Waals surface area contributed by atoms with Gasteiger partial charge in [0.05, 0.1) is 0 Å². The van der Waals surface area contributed by atoms with E-state index in [1.165, 1.54) is 12.1 Å². The molecule has 0 unspecified atom stereocenters. The van der Waals surface area contributed by atoms with Gasteiger partial charge in [0.15, 0.2) is 0 Å². The van der Waals surface area contributed by atoms with Gasteiger partial charge in [-0.1, -0.05) is 49.4 Å². The smallest absolute Gasteiger partial charge is 0.123 e. The largest absolute Gasteiger partial charge is 0.379 e. The minimum Gasteiger partial charge on any atom is -0.379 e. The van der Waals surface area contributed by atoms with E-state index in [9.17, 15) is 9.65 Å². The molecule has 0 saturated heterocycles. The highest BCUT2D eigenvalue weighted by atomic mass is 19.1. The van der Waals surface area contributed by atoms with Gasteiger partial charge in [-0.05, 0) is 46.9 Å². The molecule has 0 radical (unpaired) electrons. The molecule has 2 rings (SSSR count). The van der Waals surface area contributed by atoms with Crippen LogP contribution in [-0.4, -0.2) is 7.05 Å². The maximum absolute atomic E-state index is 12.9. The van der Waals surface area contributed by atoms with Gasteiger partial charge >= 0.3 is 0 Å². The lowest BCUT2D eigenvalue weighted by Crippen LogP contribution is -2.06. The highest BCUT2D eigenvalue weighted by molar-refractivity contribution is 5.75. The zero-order chi connectivity index (χ0) is 18.7. The van der Waals surface area contributed by atoms with Gasteiger partial charge in [0, 0.05) is 7.05 Å². The van der Waals surface area contributed by atoms with Crippen molar-refractivity contribution in [3.63, 3.8) is 0 Å². The summed E-state index contributed by atoms with van der Waals surface area (Å²) in [5.41, 5.74) is 4.58. The van der Waals surface area contributed by atoms with Crippen LogP contribution in [0.5, 0.6) is 0 Å². The number of nitrogens with one attached hydrogen (secondary N) is 1. The molecule has 0 aliphatic rings. The molecule has 2 aromatic rings. The van der Waals surface area contributed by atoms with Gasteiger partial charge < -0.3 is 5.32 Å². The molecular formula is C22H21FN2. The standard InChI is InChI=1S/C20H19FN2.C2H2/c1-3-19(20(14-22)23-2)17-6-4-5-16(13-17)8-7-15-9-11-18(21)12-10-15;1-2/h4-13,23H,3H2,1-2H3;1-2H/b8-7+,20-19+;. The van der Waals surface area contributed by atoms with Crippen LogP contribution in [0, 0.1) is 30.0 Å². The van der Waals surface area contributed by atoms with Crippen LogP contribution in [0.25, 0.3) is 17.7 Å². The minimum atomic E-state index is -0.238. The van der Waals surface area contributed by atoms with Crippen LogP contribution >= 0.6 is 0 Å². The second-order valence-electron chi connectivity index (χ2n) is 5.08. The molecule has 0 aromatic heterocycles. The number of hydrogen-bond acceptors (Lipinski definition) is 2. The summed E-state index contributed by atoms with van der Waals surface area (Å²) >= 11 is 0. The van der Waals surface area contributed by atoms with Crippen molar-refractivity contribution in [3.8, 4) is 18.9 Å². The number of terminal acetylenes is 1. The molecule has 1 N–H and O–H groups in total. The Kier molecular flexibility index (Phi) is 8.27. The predicted molar refractivity (Wildman–Crippen MR) is 104 cm³/mol. The number of halogens is 1. The molecule has 0 saturated carbocycles. The van der Waals surface area contributed by atoms with E-state index in [0.29, 0.717) is 5.70 Å². The van der Waals surface area contributed by atoms with Crippen molar-refractivity contribution in [2.75, 3.05) is 7.05 Å². The van der Waals surface area contributed by atoms with E-state index in [2.05, 4.69) is 24.2 Å². The molecule has 2 aromatic carbocycles. The van der Waals surface area contributed by atoms with Crippen LogP contribution < -0.4 is 5.32 Å². The van der Waals surface area contributed by atoms with E-state index in [1.807, 2.05) is 43.3 Å². The van der Waals surface area contributed by atoms with E-state index in [4.69, 9.17) is 0 Å². The molecule has 2 nitrogen and oxygen atoms in total. The summed E-state index contributed by atoms with van der Waals surface area (Å²) in [4.78, 5) is 0. The first-order valence-corrected chi connectivity index (χ1v) is 7.86. The van der Waals surface area contributed by atoms with E-state index < -0.39 is 0 Å². The Morgan fingerprint density at radius 2 is 1.76 bits per heavy atom. The maximum Gasteiger partial charge on any atom is 0.123 e. The van der Waals surface area contributed by atoms with Crippen LogP contribution in [0.2, 0.25) is 0 Å². The van der Waals surface area contributed by atoms with Gasteiger partial charge in [-0.3, -0.25) is 0 Å². The van der Waals surface area contributed by atoms with E-state index in [1.54, 1.807) is 19.2 Å². The summed E-state index contributed by atoms with van der Waals surface area (Å²) in [5.74, 6) is -0.238. The van der Waals surface area contributed by atoms with E-state index >= 15 is 0 Å². The number of nitriles is 1. The molecule has 25 heavy (non-hydrogen) atoms. The van der Waals surface area contributed by atoms with Crippen molar-refractivity contribution in [2.24, 2.45) is 0 Å². The third-order valence-corrected chi connectivity index (χ3v) is 3.59. The zero-order valence-corrected chi connectivity index (χ0v) is 14.5. The highest BCUT2D eigenvalue weighted by Crippen LogP contribution is 2.22. The van der Waals surface area contributed by atoms with Crippen molar-refractivity contribution >= 4 is 17.7 Å². The first kappa shape index (κ1) is 19.7. The van der Waals surface area contributed by atoms with Gasteiger partial charge in [-0.25, -0.2) is 4.39 Å². The van der Waals surface area contributed by atoms with E-state index in [-0.39, 0.29) is 5.82 Å². The van der Waals surface area contributed by atoms with Gasteiger partial charge in [0.2, 0.25) is 0 Å². The Morgan fingerprint density at radius 3 is 2.32 bits per heavy atom. The lowest BCUT2D eigenvalue weighted by Gasteiger charge is -2.09. The summed E-state index contributed by atoms with van der Waals surface area (Å²) in [6.45, 7) is 2.03. The molecule has 0 bridgehead atoms. The van der Waals surface area contributed by atoms with Crippen molar-refractivity contribution in [3.05, 3.63) is 76.7 Å². The average Bonchev–Trinajstić information content (AvgIpc) is 2.67. The van der Waals surface area contributed by atoms with Gasteiger partial charge in [-0.15, -0.1) is 12.8 Å². The number of allylic oxidation sites excluding steroid dienone is 2. The quantitative estimate of drug-likeness (QED) is 0.469.